The van der Waals surface area contributed by atoms with E-state index in [0.717, 1.165) is 11.3 Å². The van der Waals surface area contributed by atoms with Crippen LogP contribution in [-0.4, -0.2) is 31.1 Å². The van der Waals surface area contributed by atoms with Crippen LogP contribution in [-0.2, 0) is 31.9 Å². The number of pyridine rings is 1. The van der Waals surface area contributed by atoms with Gasteiger partial charge in [-0.05, 0) is 42.2 Å². The molecule has 0 radical (unpaired) electrons. The van der Waals surface area contributed by atoms with Crippen molar-refractivity contribution in [2.75, 3.05) is 19.1 Å². The number of para-hydroxylation sites is 1. The number of rotatable bonds is 7. The average molecular weight is 495 g/mol. The first kappa shape index (κ1) is 25.2. The summed E-state index contributed by atoms with van der Waals surface area (Å²) >= 11 is 0. The molecule has 8 heteroatoms. The highest BCUT2D eigenvalue weighted by Crippen LogP contribution is 2.43. The summed E-state index contributed by atoms with van der Waals surface area (Å²) in [6, 6.07) is 24.2. The van der Waals surface area contributed by atoms with Crippen molar-refractivity contribution in [3.63, 3.8) is 0 Å². The van der Waals surface area contributed by atoms with Crippen molar-refractivity contribution in [3.8, 4) is 6.07 Å². The van der Waals surface area contributed by atoms with Crippen molar-refractivity contribution in [1.82, 2.24) is 4.98 Å². The second-order valence-corrected chi connectivity index (χ2v) is 8.29. The van der Waals surface area contributed by atoms with Crippen LogP contribution in [0.4, 0.5) is 5.69 Å². The molecule has 1 unspecified atom stereocenters. The number of methoxy groups -OCH3 is 2. The second kappa shape index (κ2) is 11.2. The van der Waals surface area contributed by atoms with E-state index in [0.29, 0.717) is 24.1 Å². The van der Waals surface area contributed by atoms with Crippen LogP contribution in [0.1, 0.15) is 22.7 Å². The van der Waals surface area contributed by atoms with E-state index in [1.54, 1.807) is 42.6 Å². The molecule has 1 aliphatic rings. The Kier molecular flexibility index (Phi) is 7.65. The van der Waals surface area contributed by atoms with E-state index in [2.05, 4.69) is 11.1 Å². The molecule has 3 aromatic rings. The van der Waals surface area contributed by atoms with E-state index in [9.17, 15) is 14.9 Å². The van der Waals surface area contributed by atoms with Gasteiger partial charge < -0.3 is 15.2 Å². The van der Waals surface area contributed by atoms with Gasteiger partial charge in [-0.1, -0.05) is 54.6 Å². The molecule has 1 aliphatic heterocycles. The van der Waals surface area contributed by atoms with E-state index < -0.39 is 17.9 Å². The highest BCUT2D eigenvalue weighted by molar-refractivity contribution is 6.06. The largest absolute Gasteiger partial charge is 0.466 e. The Morgan fingerprint density at radius 1 is 0.946 bits per heavy atom. The van der Waals surface area contributed by atoms with Crippen LogP contribution in [0.25, 0.3) is 0 Å². The van der Waals surface area contributed by atoms with Gasteiger partial charge in [0.15, 0.2) is 0 Å². The number of aryl methyl sites for hydroxylation is 2. The minimum atomic E-state index is -0.912. The number of allylic oxidation sites excluding steroid dienone is 1. The summed E-state index contributed by atoms with van der Waals surface area (Å²) in [5.41, 5.74) is 9.56. The first-order valence-corrected chi connectivity index (χ1v) is 11.6. The molecule has 0 saturated heterocycles. The lowest BCUT2D eigenvalue weighted by atomic mass is 9.80. The number of nitriles is 1. The molecular formula is C29H26N4O4. The number of nitrogens with two attached hydrogens (primary N) is 1. The molecule has 4 rings (SSSR count). The van der Waals surface area contributed by atoms with Crippen molar-refractivity contribution in [2.24, 2.45) is 5.73 Å². The third-order valence-corrected chi connectivity index (χ3v) is 6.22. The third-order valence-electron chi connectivity index (χ3n) is 6.22. The quantitative estimate of drug-likeness (QED) is 0.493. The van der Waals surface area contributed by atoms with E-state index in [1.165, 1.54) is 19.1 Å². The smallest absolute Gasteiger partial charge is 0.355 e. The highest BCUT2D eigenvalue weighted by Gasteiger charge is 2.43. The predicted octanol–water partition coefficient (Wildman–Crippen LogP) is 3.76. The molecule has 2 heterocycles. The molecule has 0 spiro atoms. The standard InChI is InChI=1S/C29H26N4O4/c1-36-28(34)25-24(20-11-4-3-5-12-20)22(18-30)27(31)33(26(25)29(35)37-2)23-14-7-6-10-19(23)15-16-21-13-8-9-17-32-21/h3-14,17,24H,15-16,31H2,1-2H3. The number of carbonyl (C=O) groups is 2. The first-order valence-electron chi connectivity index (χ1n) is 11.6. The van der Waals surface area contributed by atoms with Gasteiger partial charge in [0, 0.05) is 11.9 Å². The summed E-state index contributed by atoms with van der Waals surface area (Å²) < 4.78 is 10.2. The predicted molar refractivity (Wildman–Crippen MR) is 138 cm³/mol. The monoisotopic (exact) mass is 494 g/mol. The molecule has 0 saturated carbocycles. The number of anilines is 1. The number of benzene rings is 2. The molecule has 0 aliphatic carbocycles. The zero-order chi connectivity index (χ0) is 26.4. The first-order chi connectivity index (χ1) is 18.0. The summed E-state index contributed by atoms with van der Waals surface area (Å²) in [5, 5.41) is 10.2. The Labute approximate surface area is 215 Å². The Morgan fingerprint density at radius 3 is 2.27 bits per heavy atom. The van der Waals surface area contributed by atoms with Crippen LogP contribution in [0.15, 0.2) is 102 Å². The van der Waals surface area contributed by atoms with E-state index in [-0.39, 0.29) is 22.7 Å². The van der Waals surface area contributed by atoms with Gasteiger partial charge in [-0.2, -0.15) is 5.26 Å². The van der Waals surface area contributed by atoms with Crippen LogP contribution in [0.5, 0.6) is 0 Å². The van der Waals surface area contributed by atoms with Crippen molar-refractivity contribution in [1.29, 1.82) is 5.26 Å². The normalized spacial score (nSPS) is 15.3. The van der Waals surface area contributed by atoms with Crippen molar-refractivity contribution in [3.05, 3.63) is 118 Å². The molecule has 37 heavy (non-hydrogen) atoms. The lowest BCUT2D eigenvalue weighted by Crippen LogP contribution is -2.41. The summed E-state index contributed by atoms with van der Waals surface area (Å²) in [6.45, 7) is 0. The Balaban J connectivity index is 1.94. The Hall–Kier alpha value is -4.90. The maximum Gasteiger partial charge on any atom is 0.355 e. The maximum atomic E-state index is 13.3. The van der Waals surface area contributed by atoms with Crippen molar-refractivity contribution < 1.29 is 19.1 Å². The summed E-state index contributed by atoms with van der Waals surface area (Å²) in [7, 11) is 2.46. The van der Waals surface area contributed by atoms with E-state index >= 15 is 0 Å². The SMILES string of the molecule is COC(=O)C1=C(C(=O)OC)N(c2ccccc2CCc2ccccn2)C(N)=C(C#N)C1c1ccccc1. The zero-order valence-electron chi connectivity index (χ0n) is 20.5. The fraction of sp³-hybridized carbons (Fsp3) is 0.172. The van der Waals surface area contributed by atoms with Gasteiger partial charge in [0.05, 0.1) is 43.0 Å². The maximum absolute atomic E-state index is 13.3. The molecule has 0 amide bonds. The van der Waals surface area contributed by atoms with Crippen LogP contribution in [0.2, 0.25) is 0 Å². The summed E-state index contributed by atoms with van der Waals surface area (Å²) in [6.07, 6.45) is 2.94. The summed E-state index contributed by atoms with van der Waals surface area (Å²) in [5.74, 6) is -2.41. The van der Waals surface area contributed by atoms with Gasteiger partial charge in [0.2, 0.25) is 0 Å². The van der Waals surface area contributed by atoms with Crippen molar-refractivity contribution >= 4 is 17.6 Å². The molecule has 1 aromatic heterocycles. The number of aromatic nitrogens is 1. The number of carbonyl (C=O) groups excluding carboxylic acids is 2. The van der Waals surface area contributed by atoms with Gasteiger partial charge in [0.1, 0.15) is 11.5 Å². The Morgan fingerprint density at radius 2 is 1.62 bits per heavy atom. The number of ether oxygens (including phenoxy) is 2. The summed E-state index contributed by atoms with van der Waals surface area (Å²) in [4.78, 5) is 32.3. The molecule has 2 aromatic carbocycles. The fourth-order valence-electron chi connectivity index (χ4n) is 4.51. The molecule has 186 valence electrons. The fourth-order valence-corrected chi connectivity index (χ4v) is 4.51. The molecule has 0 fully saturated rings. The van der Waals surface area contributed by atoms with Crippen LogP contribution >= 0.6 is 0 Å². The van der Waals surface area contributed by atoms with Crippen LogP contribution < -0.4 is 10.6 Å². The lowest BCUT2D eigenvalue weighted by Gasteiger charge is -2.36. The van der Waals surface area contributed by atoms with Gasteiger partial charge in [-0.3, -0.25) is 9.88 Å². The number of hydrogen-bond acceptors (Lipinski definition) is 8. The van der Waals surface area contributed by atoms with Crippen molar-refractivity contribution in [2.45, 2.75) is 18.8 Å². The number of nitrogens with zero attached hydrogens (tertiary/aromatic N) is 3. The molecule has 1 atom stereocenters. The van der Waals surface area contributed by atoms with Gasteiger partial charge in [-0.15, -0.1) is 0 Å². The van der Waals surface area contributed by atoms with Crippen LogP contribution in [0, 0.1) is 11.3 Å². The van der Waals surface area contributed by atoms with E-state index in [4.69, 9.17) is 15.2 Å². The highest BCUT2D eigenvalue weighted by atomic mass is 16.5. The molecule has 2 N–H and O–H groups in total. The Bertz CT molecular complexity index is 1410. The number of hydrogen-bond donors (Lipinski definition) is 1. The third kappa shape index (κ3) is 4.93. The number of esters is 2. The second-order valence-electron chi connectivity index (χ2n) is 8.29. The minimum absolute atomic E-state index is 0.0224. The molecule has 0 bridgehead atoms. The molecule has 8 nitrogen and oxygen atoms in total. The van der Waals surface area contributed by atoms with E-state index in [1.807, 2.05) is 36.4 Å². The lowest BCUT2D eigenvalue weighted by molar-refractivity contribution is -0.139. The van der Waals surface area contributed by atoms with Crippen LogP contribution in [0.3, 0.4) is 0 Å². The topological polar surface area (TPSA) is 119 Å². The van der Waals surface area contributed by atoms with Gasteiger partial charge in [-0.25, -0.2) is 9.59 Å². The average Bonchev–Trinajstić information content (AvgIpc) is 2.95. The molecular weight excluding hydrogens is 468 g/mol. The minimum Gasteiger partial charge on any atom is -0.466 e. The van der Waals surface area contributed by atoms with Gasteiger partial charge in [0.25, 0.3) is 0 Å². The zero-order valence-corrected chi connectivity index (χ0v) is 20.5. The van der Waals surface area contributed by atoms with Gasteiger partial charge >= 0.3 is 11.9 Å².